The van der Waals surface area contributed by atoms with Gasteiger partial charge in [-0.3, -0.25) is 9.89 Å². The molecule has 2 N–H and O–H groups in total. The van der Waals surface area contributed by atoms with Crippen molar-refractivity contribution in [2.45, 2.75) is 39.2 Å². The van der Waals surface area contributed by atoms with Crippen LogP contribution < -0.4 is 15.4 Å². The van der Waals surface area contributed by atoms with Crippen LogP contribution in [-0.2, 0) is 0 Å². The van der Waals surface area contributed by atoms with Crippen LogP contribution in [0.3, 0.4) is 0 Å². The quantitative estimate of drug-likeness (QED) is 0.325. The Morgan fingerprint density at radius 3 is 2.69 bits per heavy atom. The lowest BCUT2D eigenvalue weighted by Crippen LogP contribution is -2.49. The molecular weight excluding hydrogens is 324 g/mol. The van der Waals surface area contributed by atoms with Gasteiger partial charge in [0.15, 0.2) is 5.96 Å². The predicted molar refractivity (Wildman–Crippen MR) is 110 cm³/mol. The Bertz CT molecular complexity index is 591. The van der Waals surface area contributed by atoms with Crippen molar-refractivity contribution in [2.75, 3.05) is 39.8 Å². The van der Waals surface area contributed by atoms with E-state index in [0.717, 1.165) is 57.2 Å². The van der Waals surface area contributed by atoms with Crippen LogP contribution >= 0.6 is 0 Å². The first-order valence-electron chi connectivity index (χ1n) is 9.61. The van der Waals surface area contributed by atoms with Gasteiger partial charge in [-0.15, -0.1) is 0 Å². The second-order valence-corrected chi connectivity index (χ2v) is 7.12. The summed E-state index contributed by atoms with van der Waals surface area (Å²) in [6.07, 6.45) is 3.22. The third-order valence-corrected chi connectivity index (χ3v) is 4.61. The number of para-hydroxylation sites is 1. The van der Waals surface area contributed by atoms with Crippen molar-refractivity contribution in [2.24, 2.45) is 4.99 Å². The molecule has 0 aromatic heterocycles. The molecule has 5 nitrogen and oxygen atoms in total. The van der Waals surface area contributed by atoms with Gasteiger partial charge < -0.3 is 15.4 Å². The number of nitrogens with zero attached hydrogens (tertiary/aromatic N) is 2. The van der Waals surface area contributed by atoms with Gasteiger partial charge in [0.25, 0.3) is 0 Å². The van der Waals surface area contributed by atoms with Crippen LogP contribution in [0.15, 0.2) is 41.4 Å². The Hall–Kier alpha value is -2.01. The molecule has 1 fully saturated rings. The Morgan fingerprint density at radius 1 is 1.31 bits per heavy atom. The predicted octanol–water partition coefficient (Wildman–Crippen LogP) is 2.97. The zero-order chi connectivity index (χ0) is 18.8. The molecule has 26 heavy (non-hydrogen) atoms. The molecule has 0 radical (unpaired) electrons. The molecule has 0 aliphatic carbocycles. The van der Waals surface area contributed by atoms with Crippen LogP contribution in [0.4, 0.5) is 0 Å². The van der Waals surface area contributed by atoms with Gasteiger partial charge in [-0.2, -0.15) is 0 Å². The largest absolute Gasteiger partial charge is 0.493 e. The fourth-order valence-corrected chi connectivity index (χ4v) is 3.18. The monoisotopic (exact) mass is 358 g/mol. The van der Waals surface area contributed by atoms with Gasteiger partial charge in [0.1, 0.15) is 5.75 Å². The van der Waals surface area contributed by atoms with E-state index in [2.05, 4.69) is 47.0 Å². The summed E-state index contributed by atoms with van der Waals surface area (Å²) in [6, 6.07) is 8.62. The van der Waals surface area contributed by atoms with Crippen molar-refractivity contribution in [3.63, 3.8) is 0 Å². The lowest BCUT2D eigenvalue weighted by atomic mass is 10.0. The van der Waals surface area contributed by atoms with Gasteiger partial charge in [0.05, 0.1) is 6.61 Å². The summed E-state index contributed by atoms with van der Waals surface area (Å²) in [7, 11) is 1.83. The van der Waals surface area contributed by atoms with Crippen molar-refractivity contribution in [3.8, 4) is 5.75 Å². The summed E-state index contributed by atoms with van der Waals surface area (Å²) < 4.78 is 5.83. The molecule has 1 aliphatic heterocycles. The molecule has 1 aromatic rings. The minimum atomic E-state index is 0.491. The minimum absolute atomic E-state index is 0.491. The lowest BCUT2D eigenvalue weighted by Gasteiger charge is -2.33. The van der Waals surface area contributed by atoms with Gasteiger partial charge in [-0.25, -0.2) is 0 Å². The van der Waals surface area contributed by atoms with Crippen LogP contribution in [0.2, 0.25) is 0 Å². The highest BCUT2D eigenvalue weighted by molar-refractivity contribution is 5.79. The number of piperidine rings is 1. The fraction of sp³-hybridized carbons (Fsp3) is 0.571. The number of aliphatic imine (C=N–C) groups is 1. The summed E-state index contributed by atoms with van der Waals surface area (Å²) in [4.78, 5) is 6.82. The molecule has 0 atom stereocenters. The molecule has 1 heterocycles. The summed E-state index contributed by atoms with van der Waals surface area (Å²) in [6.45, 7) is 13.0. The van der Waals surface area contributed by atoms with Crippen molar-refractivity contribution < 1.29 is 4.74 Å². The van der Waals surface area contributed by atoms with Gasteiger partial charge >= 0.3 is 0 Å². The fourth-order valence-electron chi connectivity index (χ4n) is 3.18. The van der Waals surface area contributed by atoms with Crippen molar-refractivity contribution in [1.29, 1.82) is 0 Å². The maximum absolute atomic E-state index is 5.83. The second-order valence-electron chi connectivity index (χ2n) is 7.12. The third-order valence-electron chi connectivity index (χ3n) is 4.61. The molecule has 0 unspecified atom stereocenters. The molecule has 0 spiro atoms. The molecule has 0 bridgehead atoms. The number of nitrogens with one attached hydrogen (secondary N) is 2. The van der Waals surface area contributed by atoms with Crippen LogP contribution in [0, 0.1) is 6.92 Å². The molecule has 0 amide bonds. The maximum Gasteiger partial charge on any atom is 0.191 e. The number of likely N-dealkylation sites (tertiary alicyclic amines) is 1. The number of hydrogen-bond donors (Lipinski definition) is 2. The molecule has 1 aromatic carbocycles. The van der Waals surface area contributed by atoms with Gasteiger partial charge in [-0.1, -0.05) is 30.4 Å². The number of hydrogen-bond acceptors (Lipinski definition) is 3. The SMILES string of the molecule is C=C(C)CN1CCC(NC(=NC)NCCCOc2ccccc2C)CC1. The smallest absolute Gasteiger partial charge is 0.191 e. The van der Waals surface area contributed by atoms with E-state index in [9.17, 15) is 0 Å². The number of guanidine groups is 1. The Labute approximate surface area is 158 Å². The van der Waals surface area contributed by atoms with E-state index in [1.807, 2.05) is 25.2 Å². The average Bonchev–Trinajstić information content (AvgIpc) is 2.63. The molecule has 5 heteroatoms. The minimum Gasteiger partial charge on any atom is -0.493 e. The highest BCUT2D eigenvalue weighted by Gasteiger charge is 2.19. The summed E-state index contributed by atoms with van der Waals surface area (Å²) in [5.41, 5.74) is 2.41. The molecule has 1 saturated heterocycles. The average molecular weight is 359 g/mol. The van der Waals surface area contributed by atoms with E-state index < -0.39 is 0 Å². The standard InChI is InChI=1S/C21H34N4O/c1-17(2)16-25-13-10-19(11-14-25)24-21(22-4)23-12-7-15-26-20-9-6-5-8-18(20)3/h5-6,8-9,19H,1,7,10-16H2,2-4H3,(H2,22,23,24). The zero-order valence-corrected chi connectivity index (χ0v) is 16.6. The van der Waals surface area contributed by atoms with Gasteiger partial charge in [0.2, 0.25) is 0 Å². The van der Waals surface area contributed by atoms with E-state index >= 15 is 0 Å². The first-order valence-corrected chi connectivity index (χ1v) is 9.61. The highest BCUT2D eigenvalue weighted by Crippen LogP contribution is 2.16. The normalized spacial score (nSPS) is 16.3. The number of rotatable bonds is 8. The summed E-state index contributed by atoms with van der Waals surface area (Å²) in [5, 5.41) is 6.94. The first kappa shape index (κ1) is 20.3. The van der Waals surface area contributed by atoms with Crippen LogP contribution in [0.5, 0.6) is 5.75 Å². The Balaban J connectivity index is 1.61. The number of aryl methyl sites for hydroxylation is 1. The number of benzene rings is 1. The summed E-state index contributed by atoms with van der Waals surface area (Å²) >= 11 is 0. The van der Waals surface area contributed by atoms with E-state index in [4.69, 9.17) is 4.74 Å². The summed E-state index contributed by atoms with van der Waals surface area (Å²) in [5.74, 6) is 1.86. The molecule has 2 rings (SSSR count). The Kier molecular flexibility index (Phi) is 8.48. The van der Waals surface area contributed by atoms with Crippen LogP contribution in [0.25, 0.3) is 0 Å². The zero-order valence-electron chi connectivity index (χ0n) is 16.6. The van der Waals surface area contributed by atoms with Crippen LogP contribution in [-0.4, -0.2) is 56.7 Å². The van der Waals surface area contributed by atoms with Crippen molar-refractivity contribution in [3.05, 3.63) is 42.0 Å². The van der Waals surface area contributed by atoms with Crippen molar-refractivity contribution >= 4 is 5.96 Å². The van der Waals surface area contributed by atoms with Gasteiger partial charge in [0, 0.05) is 39.3 Å². The Morgan fingerprint density at radius 2 is 2.04 bits per heavy atom. The van der Waals surface area contributed by atoms with Crippen LogP contribution in [0.1, 0.15) is 31.7 Å². The van der Waals surface area contributed by atoms with Crippen molar-refractivity contribution in [1.82, 2.24) is 15.5 Å². The maximum atomic E-state index is 5.83. The van der Waals surface area contributed by atoms with E-state index in [1.54, 1.807) is 0 Å². The van der Waals surface area contributed by atoms with E-state index in [0.29, 0.717) is 12.6 Å². The van der Waals surface area contributed by atoms with Gasteiger partial charge in [-0.05, 0) is 44.7 Å². The number of ether oxygens (including phenoxy) is 1. The van der Waals surface area contributed by atoms with E-state index in [-0.39, 0.29) is 0 Å². The van der Waals surface area contributed by atoms with E-state index in [1.165, 1.54) is 11.1 Å². The third kappa shape index (κ3) is 7.08. The first-order chi connectivity index (χ1) is 12.6. The second kappa shape index (κ2) is 10.9. The molecule has 1 aliphatic rings. The molecular formula is C21H34N4O. The topological polar surface area (TPSA) is 48.9 Å². The molecule has 0 saturated carbocycles. The lowest BCUT2D eigenvalue weighted by molar-refractivity contribution is 0.221. The highest BCUT2D eigenvalue weighted by atomic mass is 16.5. The molecule has 144 valence electrons.